The molecule has 0 radical (unpaired) electrons. The number of piperidine rings is 1. The Kier molecular flexibility index (Phi) is 5.90. The topological polar surface area (TPSA) is 64.6 Å². The van der Waals surface area contributed by atoms with Gasteiger partial charge in [-0.3, -0.25) is 4.90 Å². The second-order valence-electron chi connectivity index (χ2n) is 9.98. The van der Waals surface area contributed by atoms with Gasteiger partial charge in [-0.25, -0.2) is 9.37 Å². The molecule has 6 nitrogen and oxygen atoms in total. The van der Waals surface area contributed by atoms with Gasteiger partial charge in [-0.05, 0) is 48.7 Å². The number of anilines is 1. The van der Waals surface area contributed by atoms with Gasteiger partial charge in [0.1, 0.15) is 17.4 Å². The van der Waals surface area contributed by atoms with E-state index < -0.39 is 0 Å². The third-order valence-corrected chi connectivity index (χ3v) is 8.04. The molecule has 36 heavy (non-hydrogen) atoms. The molecule has 4 heterocycles. The first-order chi connectivity index (χ1) is 17.6. The number of aliphatic hydroxyl groups is 1. The van der Waals surface area contributed by atoms with Crippen LogP contribution in [0.15, 0.2) is 66.9 Å². The van der Waals surface area contributed by atoms with Gasteiger partial charge in [0.2, 0.25) is 0 Å². The molecular formula is C29H31FN4O2. The third-order valence-electron chi connectivity index (χ3n) is 8.04. The van der Waals surface area contributed by atoms with E-state index in [9.17, 15) is 9.50 Å². The van der Waals surface area contributed by atoms with E-state index in [-0.39, 0.29) is 23.9 Å². The molecule has 0 saturated carbocycles. The van der Waals surface area contributed by atoms with Crippen molar-refractivity contribution in [1.29, 1.82) is 0 Å². The van der Waals surface area contributed by atoms with Crippen molar-refractivity contribution >= 4 is 16.7 Å². The first-order valence-electron chi connectivity index (χ1n) is 12.6. The molecule has 6 rings (SSSR count). The number of H-pyrrole nitrogens is 1. The predicted octanol–water partition coefficient (Wildman–Crippen LogP) is 4.80. The number of aromatic nitrogens is 2. The molecule has 1 fully saturated rings. The van der Waals surface area contributed by atoms with Gasteiger partial charge in [-0.1, -0.05) is 24.3 Å². The van der Waals surface area contributed by atoms with Gasteiger partial charge in [0.05, 0.1) is 19.8 Å². The highest BCUT2D eigenvalue weighted by Crippen LogP contribution is 2.49. The van der Waals surface area contributed by atoms with Crippen LogP contribution in [-0.2, 0) is 12.0 Å². The summed E-state index contributed by atoms with van der Waals surface area (Å²) in [6.07, 6.45) is 3.73. The van der Waals surface area contributed by atoms with E-state index in [1.807, 2.05) is 42.6 Å². The number of rotatable bonds is 5. The maximum Gasteiger partial charge on any atom is 0.128 e. The number of nitrogens with zero attached hydrogens (tertiary/aromatic N) is 3. The summed E-state index contributed by atoms with van der Waals surface area (Å²) >= 11 is 0. The molecule has 1 unspecified atom stereocenters. The molecule has 2 aliphatic heterocycles. The van der Waals surface area contributed by atoms with Crippen LogP contribution in [0.4, 0.5) is 10.2 Å². The molecule has 2 aromatic carbocycles. The lowest BCUT2D eigenvalue weighted by Gasteiger charge is -2.50. The van der Waals surface area contributed by atoms with Gasteiger partial charge in [-0.2, -0.15) is 0 Å². The van der Waals surface area contributed by atoms with Crippen molar-refractivity contribution in [2.75, 3.05) is 38.3 Å². The second kappa shape index (κ2) is 9.22. The molecule has 1 atom stereocenters. The van der Waals surface area contributed by atoms with Crippen molar-refractivity contribution in [3.8, 4) is 5.75 Å². The van der Waals surface area contributed by atoms with Gasteiger partial charge < -0.3 is 19.7 Å². The number of fused-ring (bicyclic) bond motifs is 4. The number of hydrogen-bond acceptors (Lipinski definition) is 5. The maximum absolute atomic E-state index is 14.7. The number of ether oxygens (including phenoxy) is 1. The minimum atomic E-state index is -0.238. The van der Waals surface area contributed by atoms with Crippen LogP contribution >= 0.6 is 0 Å². The van der Waals surface area contributed by atoms with Gasteiger partial charge >= 0.3 is 0 Å². The number of methoxy groups -OCH3 is 1. The summed E-state index contributed by atoms with van der Waals surface area (Å²) in [5.74, 6) is 1.59. The average Bonchev–Trinajstić information content (AvgIpc) is 3.30. The zero-order valence-electron chi connectivity index (χ0n) is 20.5. The van der Waals surface area contributed by atoms with Crippen LogP contribution in [0.3, 0.4) is 0 Å². The van der Waals surface area contributed by atoms with Crippen LogP contribution in [0.2, 0.25) is 0 Å². The summed E-state index contributed by atoms with van der Waals surface area (Å²) in [5.41, 5.74) is 3.87. The number of hydrogen-bond donors (Lipinski definition) is 2. The summed E-state index contributed by atoms with van der Waals surface area (Å²) in [5, 5.41) is 11.7. The van der Waals surface area contributed by atoms with E-state index in [4.69, 9.17) is 4.74 Å². The lowest BCUT2D eigenvalue weighted by atomic mass is 9.68. The van der Waals surface area contributed by atoms with E-state index in [1.165, 1.54) is 17.0 Å². The highest BCUT2D eigenvalue weighted by molar-refractivity contribution is 5.88. The van der Waals surface area contributed by atoms with Gasteiger partial charge in [-0.15, -0.1) is 0 Å². The van der Waals surface area contributed by atoms with E-state index in [0.29, 0.717) is 12.1 Å². The molecule has 4 aromatic rings. The van der Waals surface area contributed by atoms with Crippen LogP contribution in [0.25, 0.3) is 10.9 Å². The van der Waals surface area contributed by atoms with Crippen molar-refractivity contribution in [1.82, 2.24) is 14.9 Å². The first-order valence-corrected chi connectivity index (χ1v) is 12.6. The molecule has 0 amide bonds. The molecule has 2 aromatic heterocycles. The smallest absolute Gasteiger partial charge is 0.128 e. The molecule has 1 saturated heterocycles. The fourth-order valence-electron chi connectivity index (χ4n) is 6.24. The van der Waals surface area contributed by atoms with E-state index in [2.05, 4.69) is 31.9 Å². The Labute approximate surface area is 210 Å². The van der Waals surface area contributed by atoms with Crippen LogP contribution in [0.5, 0.6) is 5.75 Å². The Morgan fingerprint density at radius 1 is 1.11 bits per heavy atom. The van der Waals surface area contributed by atoms with Gasteiger partial charge in [0, 0.05) is 66.0 Å². The zero-order chi connectivity index (χ0) is 24.7. The molecular weight excluding hydrogens is 455 g/mol. The van der Waals surface area contributed by atoms with Crippen LogP contribution in [0, 0.1) is 5.82 Å². The normalized spacial score (nSPS) is 19.5. The Hall–Kier alpha value is -3.42. The van der Waals surface area contributed by atoms with E-state index in [0.717, 1.165) is 55.3 Å². The highest BCUT2D eigenvalue weighted by atomic mass is 19.1. The van der Waals surface area contributed by atoms with Crippen LogP contribution < -0.4 is 9.64 Å². The summed E-state index contributed by atoms with van der Waals surface area (Å²) in [7, 11) is 1.67. The molecule has 2 aliphatic rings. The molecule has 2 N–H and O–H groups in total. The fourth-order valence-corrected chi connectivity index (χ4v) is 6.24. The lowest BCUT2D eigenvalue weighted by molar-refractivity contribution is 0.0616. The number of nitrogens with one attached hydrogen (secondary N) is 1. The van der Waals surface area contributed by atoms with Crippen molar-refractivity contribution in [3.63, 3.8) is 0 Å². The molecule has 1 spiro atoms. The summed E-state index contributed by atoms with van der Waals surface area (Å²) < 4.78 is 20.2. The summed E-state index contributed by atoms with van der Waals surface area (Å²) in [6, 6.07) is 18.9. The average molecular weight is 487 g/mol. The second-order valence-corrected chi connectivity index (χ2v) is 9.98. The van der Waals surface area contributed by atoms with E-state index >= 15 is 0 Å². The summed E-state index contributed by atoms with van der Waals surface area (Å²) in [4.78, 5) is 12.8. The largest absolute Gasteiger partial charge is 0.497 e. The fraction of sp³-hybridized carbons (Fsp3) is 0.345. The van der Waals surface area contributed by atoms with E-state index in [1.54, 1.807) is 13.2 Å². The SMILES string of the molecule is COc1ccc2c3c([nH]c2c1)C(CO)N(Cc1ccccc1F)CC31CCN(c2ccccn2)CC1. The number of benzene rings is 2. The number of halogens is 1. The van der Waals surface area contributed by atoms with Crippen molar-refractivity contribution in [3.05, 3.63) is 89.5 Å². The third kappa shape index (κ3) is 3.83. The maximum atomic E-state index is 14.7. The quantitative estimate of drug-likeness (QED) is 0.424. The predicted molar refractivity (Wildman–Crippen MR) is 139 cm³/mol. The standard InChI is InChI=1S/C29H31FN4O2/c1-36-21-9-10-22-24(16-21)32-28-25(18-35)34(17-20-6-2-3-7-23(20)30)19-29(27(22)28)11-14-33(15-12-29)26-8-4-5-13-31-26/h2-10,13,16,25,32,35H,11-12,14-15,17-19H2,1H3. The van der Waals surface area contributed by atoms with Crippen molar-refractivity contribution in [2.45, 2.75) is 30.8 Å². The Morgan fingerprint density at radius 2 is 1.92 bits per heavy atom. The Balaban J connectivity index is 1.43. The lowest BCUT2D eigenvalue weighted by Crippen LogP contribution is -2.53. The minimum Gasteiger partial charge on any atom is -0.497 e. The summed E-state index contributed by atoms with van der Waals surface area (Å²) in [6.45, 7) is 2.94. The number of aromatic amines is 1. The van der Waals surface area contributed by atoms with Crippen molar-refractivity contribution < 1.29 is 14.2 Å². The monoisotopic (exact) mass is 486 g/mol. The molecule has 7 heteroatoms. The number of pyridine rings is 1. The van der Waals surface area contributed by atoms with Gasteiger partial charge in [0.15, 0.2) is 0 Å². The number of aliphatic hydroxyl groups excluding tert-OH is 1. The molecule has 0 aliphatic carbocycles. The van der Waals surface area contributed by atoms with Gasteiger partial charge in [0.25, 0.3) is 0 Å². The Morgan fingerprint density at radius 3 is 2.64 bits per heavy atom. The van der Waals surface area contributed by atoms with Crippen molar-refractivity contribution in [2.24, 2.45) is 0 Å². The van der Waals surface area contributed by atoms with Crippen LogP contribution in [-0.4, -0.2) is 53.3 Å². The van der Waals surface area contributed by atoms with Crippen LogP contribution in [0.1, 0.15) is 35.7 Å². The molecule has 0 bridgehead atoms. The highest BCUT2D eigenvalue weighted by Gasteiger charge is 2.47. The molecule has 186 valence electrons. The Bertz CT molecular complexity index is 1360. The first kappa shape index (κ1) is 23.0. The minimum absolute atomic E-state index is 0.0401. The zero-order valence-corrected chi connectivity index (χ0v) is 20.5.